The molecular weight excluding hydrogens is 290 g/mol. The fourth-order valence-corrected chi connectivity index (χ4v) is 2.27. The third kappa shape index (κ3) is 5.36. The summed E-state index contributed by atoms with van der Waals surface area (Å²) in [5, 5.41) is 23.0. The highest BCUT2D eigenvalue weighted by Crippen LogP contribution is 2.24. The highest BCUT2D eigenvalue weighted by Gasteiger charge is 2.12. The van der Waals surface area contributed by atoms with Gasteiger partial charge in [-0.05, 0) is 23.3 Å². The maximum absolute atomic E-state index is 10.2. The zero-order valence-corrected chi connectivity index (χ0v) is 13.7. The minimum Gasteiger partial charge on any atom is -0.489 e. The Balaban J connectivity index is 2.04. The van der Waals surface area contributed by atoms with Crippen molar-refractivity contribution in [1.82, 2.24) is 5.32 Å². The highest BCUT2D eigenvalue weighted by molar-refractivity contribution is 5.38. The molecule has 0 fully saturated rings. The van der Waals surface area contributed by atoms with Crippen LogP contribution in [0, 0.1) is 0 Å². The van der Waals surface area contributed by atoms with Crippen LogP contribution in [0.3, 0.4) is 0 Å². The second kappa shape index (κ2) is 8.67. The Hall–Kier alpha value is -1.88. The third-order valence-corrected chi connectivity index (χ3v) is 3.60. The number of hydrogen-bond donors (Lipinski definition) is 3. The second-order valence-electron chi connectivity index (χ2n) is 5.88. The van der Waals surface area contributed by atoms with Gasteiger partial charge in [-0.2, -0.15) is 0 Å². The van der Waals surface area contributed by atoms with E-state index in [1.807, 2.05) is 56.3 Å². The fraction of sp³-hybridized carbons (Fsp3) is 0.368. The lowest BCUT2D eigenvalue weighted by Crippen LogP contribution is -2.27. The first-order valence-electron chi connectivity index (χ1n) is 7.92. The Morgan fingerprint density at radius 2 is 1.83 bits per heavy atom. The molecule has 0 spiro atoms. The normalized spacial score (nSPS) is 12.4. The number of ether oxygens (including phenoxy) is 1. The molecule has 0 amide bonds. The van der Waals surface area contributed by atoms with E-state index >= 15 is 0 Å². The van der Waals surface area contributed by atoms with Crippen molar-refractivity contribution >= 4 is 0 Å². The van der Waals surface area contributed by atoms with E-state index in [1.165, 1.54) is 0 Å². The molecule has 0 saturated heterocycles. The van der Waals surface area contributed by atoms with Gasteiger partial charge in [-0.15, -0.1) is 0 Å². The first-order chi connectivity index (χ1) is 11.1. The number of nitrogens with one attached hydrogen (secondary N) is 1. The molecule has 4 nitrogen and oxygen atoms in total. The van der Waals surface area contributed by atoms with Gasteiger partial charge in [-0.1, -0.05) is 50.2 Å². The van der Waals surface area contributed by atoms with Crippen molar-refractivity contribution in [2.45, 2.75) is 39.2 Å². The molecule has 124 valence electrons. The van der Waals surface area contributed by atoms with Crippen LogP contribution in [0.4, 0.5) is 0 Å². The van der Waals surface area contributed by atoms with Crippen molar-refractivity contribution in [3.05, 3.63) is 65.2 Å². The van der Waals surface area contributed by atoms with E-state index in [0.717, 1.165) is 11.1 Å². The molecule has 0 aromatic heterocycles. The van der Waals surface area contributed by atoms with Crippen LogP contribution in [0.25, 0.3) is 0 Å². The van der Waals surface area contributed by atoms with Crippen molar-refractivity contribution in [3.8, 4) is 5.75 Å². The average Bonchev–Trinajstić information content (AvgIpc) is 2.58. The van der Waals surface area contributed by atoms with Gasteiger partial charge in [-0.3, -0.25) is 0 Å². The van der Waals surface area contributed by atoms with Crippen molar-refractivity contribution in [1.29, 1.82) is 0 Å². The molecule has 2 aromatic carbocycles. The summed E-state index contributed by atoms with van der Waals surface area (Å²) in [4.78, 5) is 0. The van der Waals surface area contributed by atoms with E-state index in [9.17, 15) is 10.2 Å². The number of hydrogen-bond acceptors (Lipinski definition) is 4. The van der Waals surface area contributed by atoms with Gasteiger partial charge in [0.25, 0.3) is 0 Å². The molecule has 2 aromatic rings. The summed E-state index contributed by atoms with van der Waals surface area (Å²) < 4.78 is 5.79. The predicted octanol–water partition coefficient (Wildman–Crippen LogP) is 2.79. The first-order valence-corrected chi connectivity index (χ1v) is 7.92. The van der Waals surface area contributed by atoms with E-state index in [0.29, 0.717) is 30.5 Å². The molecule has 2 rings (SSSR count). The molecule has 4 heteroatoms. The van der Waals surface area contributed by atoms with Crippen LogP contribution < -0.4 is 10.1 Å². The van der Waals surface area contributed by atoms with Crippen molar-refractivity contribution in [2.75, 3.05) is 6.54 Å². The molecule has 0 bridgehead atoms. The van der Waals surface area contributed by atoms with Gasteiger partial charge in [-0.25, -0.2) is 0 Å². The minimum atomic E-state index is -0.606. The van der Waals surface area contributed by atoms with Crippen LogP contribution in [-0.4, -0.2) is 22.8 Å². The van der Waals surface area contributed by atoms with Gasteiger partial charge in [0.2, 0.25) is 0 Å². The molecule has 0 saturated carbocycles. The molecule has 0 aliphatic heterocycles. The van der Waals surface area contributed by atoms with E-state index in [-0.39, 0.29) is 6.61 Å². The Labute approximate surface area is 137 Å². The largest absolute Gasteiger partial charge is 0.489 e. The van der Waals surface area contributed by atoms with Gasteiger partial charge < -0.3 is 20.3 Å². The Morgan fingerprint density at radius 3 is 2.48 bits per heavy atom. The molecule has 0 aliphatic rings. The Bertz CT molecular complexity index is 599. The molecule has 3 N–H and O–H groups in total. The van der Waals surface area contributed by atoms with Crippen LogP contribution in [0.5, 0.6) is 5.75 Å². The van der Waals surface area contributed by atoms with Crippen molar-refractivity contribution in [2.24, 2.45) is 0 Å². The highest BCUT2D eigenvalue weighted by atomic mass is 16.5. The quantitative estimate of drug-likeness (QED) is 0.701. The lowest BCUT2D eigenvalue weighted by molar-refractivity contribution is 0.171. The van der Waals surface area contributed by atoms with E-state index in [4.69, 9.17) is 4.74 Å². The van der Waals surface area contributed by atoms with Crippen LogP contribution in [0.1, 0.15) is 36.6 Å². The van der Waals surface area contributed by atoms with Gasteiger partial charge >= 0.3 is 0 Å². The maximum atomic E-state index is 10.2. The Kier molecular flexibility index (Phi) is 6.59. The lowest BCUT2D eigenvalue weighted by Gasteiger charge is -2.17. The maximum Gasteiger partial charge on any atom is 0.125 e. The molecule has 0 radical (unpaired) electrons. The molecular formula is C19H25NO3. The molecule has 0 heterocycles. The standard InChI is InChI=1S/C19H25NO3/c1-14(2)20-11-18(22)16-8-9-19(17(10-16)12-21)23-13-15-6-4-3-5-7-15/h3-10,14,18,20-22H,11-13H2,1-2H3/t18-/m1/s1. The number of benzene rings is 2. The van der Waals surface area contributed by atoms with E-state index < -0.39 is 6.10 Å². The van der Waals surface area contributed by atoms with Crippen molar-refractivity contribution < 1.29 is 14.9 Å². The molecule has 0 unspecified atom stereocenters. The number of aliphatic hydroxyl groups excluding tert-OH is 2. The minimum absolute atomic E-state index is 0.123. The van der Waals surface area contributed by atoms with E-state index in [2.05, 4.69) is 5.32 Å². The molecule has 0 aliphatic carbocycles. The SMILES string of the molecule is CC(C)NC[C@@H](O)c1ccc(OCc2ccccc2)c(CO)c1. The van der Waals surface area contributed by atoms with Crippen LogP contribution in [0.2, 0.25) is 0 Å². The molecule has 23 heavy (non-hydrogen) atoms. The summed E-state index contributed by atoms with van der Waals surface area (Å²) in [7, 11) is 0. The van der Waals surface area contributed by atoms with Gasteiger partial charge in [0.05, 0.1) is 12.7 Å². The summed E-state index contributed by atoms with van der Waals surface area (Å²) in [5.74, 6) is 0.643. The van der Waals surface area contributed by atoms with Gasteiger partial charge in [0, 0.05) is 18.2 Å². The fourth-order valence-electron chi connectivity index (χ4n) is 2.27. The van der Waals surface area contributed by atoms with Gasteiger partial charge in [0.1, 0.15) is 12.4 Å². The topological polar surface area (TPSA) is 61.7 Å². The number of rotatable bonds is 8. The summed E-state index contributed by atoms with van der Waals surface area (Å²) in [6.45, 7) is 4.87. The van der Waals surface area contributed by atoms with Gasteiger partial charge in [0.15, 0.2) is 0 Å². The summed E-state index contributed by atoms with van der Waals surface area (Å²) in [6, 6.07) is 15.6. The third-order valence-electron chi connectivity index (χ3n) is 3.60. The lowest BCUT2D eigenvalue weighted by atomic mass is 10.0. The smallest absolute Gasteiger partial charge is 0.125 e. The molecule has 1 atom stereocenters. The van der Waals surface area contributed by atoms with Crippen molar-refractivity contribution in [3.63, 3.8) is 0 Å². The zero-order valence-electron chi connectivity index (χ0n) is 13.7. The summed E-state index contributed by atoms with van der Waals surface area (Å²) >= 11 is 0. The number of aliphatic hydroxyl groups is 2. The zero-order chi connectivity index (χ0) is 16.7. The summed E-state index contributed by atoms with van der Waals surface area (Å²) in [6.07, 6.45) is -0.606. The van der Waals surface area contributed by atoms with Crippen LogP contribution in [0.15, 0.2) is 48.5 Å². The predicted molar refractivity (Wildman–Crippen MR) is 91.2 cm³/mol. The summed E-state index contributed by atoms with van der Waals surface area (Å²) in [5.41, 5.74) is 2.53. The average molecular weight is 315 g/mol. The van der Waals surface area contributed by atoms with Crippen LogP contribution >= 0.6 is 0 Å². The monoisotopic (exact) mass is 315 g/mol. The van der Waals surface area contributed by atoms with E-state index in [1.54, 1.807) is 6.07 Å². The first kappa shape index (κ1) is 17.5. The van der Waals surface area contributed by atoms with Crippen LogP contribution in [-0.2, 0) is 13.2 Å². The second-order valence-corrected chi connectivity index (χ2v) is 5.88. The Morgan fingerprint density at radius 1 is 1.09 bits per heavy atom.